The molecule has 0 bridgehead atoms. The van der Waals surface area contributed by atoms with Gasteiger partial charge in [0.2, 0.25) is 0 Å². The Balaban J connectivity index is 1.69. The molecule has 0 spiro atoms. The van der Waals surface area contributed by atoms with Gasteiger partial charge in [-0.25, -0.2) is 4.79 Å². The number of hydrogen-bond acceptors (Lipinski definition) is 3. The first-order valence-electron chi connectivity index (χ1n) is 7.81. The van der Waals surface area contributed by atoms with Gasteiger partial charge in [0.15, 0.2) is 0 Å². The van der Waals surface area contributed by atoms with E-state index in [1.165, 1.54) is 4.90 Å². The molecule has 22 heavy (non-hydrogen) atoms. The van der Waals surface area contributed by atoms with Gasteiger partial charge < -0.3 is 10.2 Å². The molecule has 0 aliphatic carbocycles. The van der Waals surface area contributed by atoms with Crippen LogP contribution in [0.2, 0.25) is 0 Å². The molecular weight excluding hydrogens is 315 g/mol. The maximum Gasteiger partial charge on any atom is 0.401 e. The van der Waals surface area contributed by atoms with E-state index >= 15 is 0 Å². The number of likely N-dealkylation sites (tertiary alicyclic amines) is 1. The van der Waals surface area contributed by atoms with Gasteiger partial charge in [-0.1, -0.05) is 6.92 Å². The molecule has 2 aliphatic rings. The first kappa shape index (κ1) is 17.7. The summed E-state index contributed by atoms with van der Waals surface area (Å²) in [5.41, 5.74) is 0. The molecule has 8 heteroatoms. The maximum absolute atomic E-state index is 12.3. The van der Waals surface area contributed by atoms with Crippen LogP contribution in [0.4, 0.5) is 18.0 Å². The van der Waals surface area contributed by atoms with Crippen LogP contribution >= 0.6 is 11.8 Å². The molecule has 0 aromatic rings. The Labute approximate surface area is 133 Å². The number of amides is 2. The van der Waals surface area contributed by atoms with Crippen LogP contribution in [0.25, 0.3) is 0 Å². The number of thioether (sulfide) groups is 1. The lowest BCUT2D eigenvalue weighted by Crippen LogP contribution is -2.48. The lowest BCUT2D eigenvalue weighted by atomic mass is 10.1. The topological polar surface area (TPSA) is 35.6 Å². The summed E-state index contributed by atoms with van der Waals surface area (Å²) in [5.74, 6) is 1.07. The van der Waals surface area contributed by atoms with E-state index in [1.807, 2.05) is 16.7 Å². The average molecular weight is 339 g/mol. The van der Waals surface area contributed by atoms with E-state index < -0.39 is 12.7 Å². The normalized spacial score (nSPS) is 27.2. The monoisotopic (exact) mass is 339 g/mol. The third kappa shape index (κ3) is 5.53. The van der Waals surface area contributed by atoms with E-state index in [0.717, 1.165) is 25.3 Å². The van der Waals surface area contributed by atoms with Crippen LogP contribution in [0.15, 0.2) is 0 Å². The van der Waals surface area contributed by atoms with Gasteiger partial charge in [0.05, 0.1) is 6.54 Å². The van der Waals surface area contributed by atoms with Crippen LogP contribution in [-0.2, 0) is 0 Å². The molecule has 0 aromatic carbocycles. The van der Waals surface area contributed by atoms with Gasteiger partial charge in [-0.2, -0.15) is 24.9 Å². The first-order chi connectivity index (χ1) is 10.4. The number of carbonyl (C=O) groups excluding carboxylic acids is 1. The number of nitrogens with one attached hydrogen (secondary N) is 1. The van der Waals surface area contributed by atoms with E-state index in [1.54, 1.807) is 0 Å². The molecule has 2 amide bonds. The summed E-state index contributed by atoms with van der Waals surface area (Å²) in [4.78, 5) is 15.4. The van der Waals surface area contributed by atoms with Crippen LogP contribution in [0, 0.1) is 5.92 Å². The van der Waals surface area contributed by atoms with E-state index in [0.29, 0.717) is 31.3 Å². The molecule has 2 heterocycles. The summed E-state index contributed by atoms with van der Waals surface area (Å²) in [7, 11) is 0. The molecular formula is C14H24F3N3OS. The summed E-state index contributed by atoms with van der Waals surface area (Å²) >= 11 is 1.90. The average Bonchev–Trinajstić information content (AvgIpc) is 2.90. The summed E-state index contributed by atoms with van der Waals surface area (Å²) in [5, 5.41) is 3.39. The second-order valence-corrected chi connectivity index (χ2v) is 7.45. The highest BCUT2D eigenvalue weighted by molar-refractivity contribution is 8.00. The van der Waals surface area contributed by atoms with Crippen molar-refractivity contribution in [2.75, 3.05) is 45.0 Å². The molecule has 0 aromatic heterocycles. The fourth-order valence-electron chi connectivity index (χ4n) is 2.97. The van der Waals surface area contributed by atoms with Gasteiger partial charge in [0.25, 0.3) is 0 Å². The quantitative estimate of drug-likeness (QED) is 0.854. The molecule has 2 fully saturated rings. The van der Waals surface area contributed by atoms with E-state index in [9.17, 15) is 18.0 Å². The minimum Gasteiger partial charge on any atom is -0.338 e. The van der Waals surface area contributed by atoms with Gasteiger partial charge in [-0.15, -0.1) is 0 Å². The Hall–Kier alpha value is -0.630. The molecule has 0 unspecified atom stereocenters. The molecule has 2 atom stereocenters. The predicted octanol–water partition coefficient (Wildman–Crippen LogP) is 2.41. The van der Waals surface area contributed by atoms with Crippen molar-refractivity contribution in [1.29, 1.82) is 0 Å². The largest absolute Gasteiger partial charge is 0.401 e. The summed E-state index contributed by atoms with van der Waals surface area (Å²) in [6.07, 6.45) is -2.38. The van der Waals surface area contributed by atoms with Crippen molar-refractivity contribution in [3.63, 3.8) is 0 Å². The van der Waals surface area contributed by atoms with Gasteiger partial charge in [-0.05, 0) is 25.3 Å². The van der Waals surface area contributed by atoms with Gasteiger partial charge in [-0.3, -0.25) is 4.90 Å². The van der Waals surface area contributed by atoms with Crippen molar-refractivity contribution in [1.82, 2.24) is 15.1 Å². The number of urea groups is 1. The van der Waals surface area contributed by atoms with Crippen molar-refractivity contribution in [2.24, 2.45) is 5.92 Å². The smallest absolute Gasteiger partial charge is 0.338 e. The number of rotatable bonds is 4. The Morgan fingerprint density at radius 2 is 2.09 bits per heavy atom. The highest BCUT2D eigenvalue weighted by Crippen LogP contribution is 2.23. The molecule has 0 radical (unpaired) electrons. The molecule has 2 saturated heterocycles. The second-order valence-electron chi connectivity index (χ2n) is 6.04. The zero-order valence-electron chi connectivity index (χ0n) is 12.9. The number of alkyl halides is 3. The Bertz CT molecular complexity index is 381. The minimum absolute atomic E-state index is 0.0759. The zero-order chi connectivity index (χ0) is 16.2. The fraction of sp³-hybridized carbons (Fsp3) is 0.929. The fourth-order valence-corrected chi connectivity index (χ4v) is 4.15. The highest BCUT2D eigenvalue weighted by Gasteiger charge is 2.34. The minimum atomic E-state index is -4.14. The van der Waals surface area contributed by atoms with Crippen LogP contribution in [0.1, 0.15) is 19.8 Å². The number of hydrogen-bond donors (Lipinski definition) is 1. The third-order valence-corrected chi connectivity index (χ3v) is 5.57. The van der Waals surface area contributed by atoms with Crippen molar-refractivity contribution in [3.8, 4) is 0 Å². The Morgan fingerprint density at radius 1 is 1.32 bits per heavy atom. The van der Waals surface area contributed by atoms with Gasteiger partial charge >= 0.3 is 12.2 Å². The number of carbonyl (C=O) groups is 1. The summed E-state index contributed by atoms with van der Waals surface area (Å²) < 4.78 is 37.0. The SMILES string of the molecule is CC[C@@H]1CN(C(=O)NC[C@@H]2CCN(CC(F)(F)F)C2)CCS1. The van der Waals surface area contributed by atoms with Crippen molar-refractivity contribution in [3.05, 3.63) is 0 Å². The molecule has 0 saturated carbocycles. The van der Waals surface area contributed by atoms with Crippen molar-refractivity contribution in [2.45, 2.75) is 31.2 Å². The van der Waals surface area contributed by atoms with E-state index in [4.69, 9.17) is 0 Å². The van der Waals surface area contributed by atoms with E-state index in [2.05, 4.69) is 12.2 Å². The maximum atomic E-state index is 12.3. The molecule has 128 valence electrons. The number of halogens is 3. The lowest BCUT2D eigenvalue weighted by molar-refractivity contribution is -0.143. The summed E-state index contributed by atoms with van der Waals surface area (Å²) in [6, 6.07) is -0.0759. The van der Waals surface area contributed by atoms with Crippen LogP contribution < -0.4 is 5.32 Å². The third-order valence-electron chi connectivity index (χ3n) is 4.20. The lowest BCUT2D eigenvalue weighted by Gasteiger charge is -2.32. The highest BCUT2D eigenvalue weighted by atomic mass is 32.2. The molecule has 2 aliphatic heterocycles. The Morgan fingerprint density at radius 3 is 2.77 bits per heavy atom. The van der Waals surface area contributed by atoms with Crippen molar-refractivity contribution >= 4 is 17.8 Å². The van der Waals surface area contributed by atoms with Crippen LogP contribution in [0.5, 0.6) is 0 Å². The number of nitrogens with zero attached hydrogens (tertiary/aromatic N) is 2. The standard InChI is InChI=1S/C14H24F3N3OS/c1-2-12-9-20(5-6-22-12)13(21)18-7-11-3-4-19(8-11)10-14(15,16)17/h11-12H,2-10H2,1H3,(H,18,21)/t11-,12+/m0/s1. The van der Waals surface area contributed by atoms with Gasteiger partial charge in [0, 0.05) is 37.2 Å². The first-order valence-corrected chi connectivity index (χ1v) is 8.85. The molecule has 1 N–H and O–H groups in total. The van der Waals surface area contributed by atoms with Crippen LogP contribution in [0.3, 0.4) is 0 Å². The zero-order valence-corrected chi connectivity index (χ0v) is 13.7. The van der Waals surface area contributed by atoms with Gasteiger partial charge in [0.1, 0.15) is 0 Å². The second kappa shape index (κ2) is 7.77. The molecule has 4 nitrogen and oxygen atoms in total. The summed E-state index contributed by atoms with van der Waals surface area (Å²) in [6.45, 7) is 4.11. The Kier molecular flexibility index (Phi) is 6.26. The van der Waals surface area contributed by atoms with E-state index in [-0.39, 0.29) is 11.9 Å². The van der Waals surface area contributed by atoms with Crippen LogP contribution in [-0.4, -0.2) is 72.3 Å². The van der Waals surface area contributed by atoms with Crippen molar-refractivity contribution < 1.29 is 18.0 Å². The molecule has 2 rings (SSSR count). The predicted molar refractivity (Wildman–Crippen MR) is 82.1 cm³/mol.